The van der Waals surface area contributed by atoms with E-state index < -0.39 is 0 Å². The Morgan fingerprint density at radius 2 is 2.19 bits per heavy atom. The third-order valence-electron chi connectivity index (χ3n) is 3.83. The molecule has 2 rings (SSSR count). The highest BCUT2D eigenvalue weighted by molar-refractivity contribution is 5.42. The fourth-order valence-corrected chi connectivity index (χ4v) is 2.59. The molecule has 1 aliphatic rings. The number of hydrogen-bond donors (Lipinski definition) is 1. The molecular formula is C14H22N2. The first-order chi connectivity index (χ1) is 7.77. The first kappa shape index (κ1) is 11.4. The van der Waals surface area contributed by atoms with Crippen molar-refractivity contribution in [1.29, 1.82) is 0 Å². The maximum Gasteiger partial charge on any atom is 0.128 e. The van der Waals surface area contributed by atoms with Gasteiger partial charge in [-0.15, -0.1) is 0 Å². The highest BCUT2D eigenvalue weighted by Crippen LogP contribution is 2.29. The lowest BCUT2D eigenvalue weighted by molar-refractivity contribution is 0.268. The highest BCUT2D eigenvalue weighted by Gasteiger charge is 2.20. The predicted octanol–water partition coefficient (Wildman–Crippen LogP) is 3.63. The van der Waals surface area contributed by atoms with Crippen LogP contribution in [0.5, 0.6) is 0 Å². The van der Waals surface area contributed by atoms with Crippen LogP contribution in [0.2, 0.25) is 0 Å². The molecule has 1 saturated carbocycles. The zero-order valence-electron chi connectivity index (χ0n) is 10.4. The zero-order chi connectivity index (χ0) is 11.4. The molecule has 0 saturated heterocycles. The molecule has 0 bridgehead atoms. The van der Waals surface area contributed by atoms with E-state index in [-0.39, 0.29) is 0 Å². The molecule has 0 spiro atoms. The monoisotopic (exact) mass is 218 g/mol. The Hall–Kier alpha value is -1.05. The molecule has 0 aliphatic heterocycles. The maximum atomic E-state index is 4.38. The van der Waals surface area contributed by atoms with Crippen LogP contribution in [0.3, 0.4) is 0 Å². The van der Waals surface area contributed by atoms with Gasteiger partial charge >= 0.3 is 0 Å². The molecule has 0 amide bonds. The Morgan fingerprint density at radius 1 is 1.38 bits per heavy atom. The third kappa shape index (κ3) is 2.75. The van der Waals surface area contributed by atoms with Gasteiger partial charge in [0.2, 0.25) is 0 Å². The van der Waals surface area contributed by atoms with Crippen molar-refractivity contribution in [2.75, 3.05) is 11.9 Å². The second-order valence-corrected chi connectivity index (χ2v) is 5.07. The molecule has 1 N–H and O–H groups in total. The second-order valence-electron chi connectivity index (χ2n) is 5.07. The van der Waals surface area contributed by atoms with Crippen LogP contribution in [0, 0.1) is 18.8 Å². The minimum absolute atomic E-state index is 0.829. The van der Waals surface area contributed by atoms with Crippen molar-refractivity contribution in [3.8, 4) is 0 Å². The molecule has 0 aromatic carbocycles. The van der Waals surface area contributed by atoms with Crippen LogP contribution in [0.1, 0.15) is 38.2 Å². The fraction of sp³-hybridized carbons (Fsp3) is 0.643. The van der Waals surface area contributed by atoms with Gasteiger partial charge < -0.3 is 5.32 Å². The third-order valence-corrected chi connectivity index (χ3v) is 3.83. The summed E-state index contributed by atoms with van der Waals surface area (Å²) >= 11 is 0. The van der Waals surface area contributed by atoms with Crippen LogP contribution < -0.4 is 5.32 Å². The number of nitrogens with zero attached hydrogens (tertiary/aromatic N) is 1. The van der Waals surface area contributed by atoms with Crippen LogP contribution in [0.4, 0.5) is 5.82 Å². The smallest absolute Gasteiger partial charge is 0.128 e. The summed E-state index contributed by atoms with van der Waals surface area (Å²) in [4.78, 5) is 4.38. The van der Waals surface area contributed by atoms with E-state index >= 15 is 0 Å². The second kappa shape index (κ2) is 5.33. The molecule has 1 fully saturated rings. The number of pyridine rings is 1. The first-order valence-electron chi connectivity index (χ1n) is 6.43. The Morgan fingerprint density at radius 3 is 2.94 bits per heavy atom. The largest absolute Gasteiger partial charge is 0.370 e. The molecule has 2 nitrogen and oxygen atoms in total. The Bertz CT molecular complexity index is 335. The predicted molar refractivity (Wildman–Crippen MR) is 68.6 cm³/mol. The van der Waals surface area contributed by atoms with Crippen molar-refractivity contribution < 1.29 is 0 Å². The summed E-state index contributed by atoms with van der Waals surface area (Å²) in [5, 5.41) is 3.50. The standard InChI is InChI=1S/C14H22N2/c1-11-6-3-4-8-13(11)10-16-14-12(2)7-5-9-15-14/h5,7,9,11,13H,3-4,6,8,10H2,1-2H3,(H,15,16). The van der Waals surface area contributed by atoms with Crippen LogP contribution >= 0.6 is 0 Å². The van der Waals surface area contributed by atoms with E-state index in [1.165, 1.54) is 31.2 Å². The maximum absolute atomic E-state index is 4.38. The number of nitrogens with one attached hydrogen (secondary N) is 1. The van der Waals surface area contributed by atoms with E-state index in [4.69, 9.17) is 0 Å². The molecule has 1 aromatic heterocycles. The molecule has 0 radical (unpaired) electrons. The molecule has 2 atom stereocenters. The zero-order valence-corrected chi connectivity index (χ0v) is 10.4. The average molecular weight is 218 g/mol. The number of rotatable bonds is 3. The lowest BCUT2D eigenvalue weighted by Gasteiger charge is -2.29. The molecule has 1 aliphatic carbocycles. The summed E-state index contributed by atoms with van der Waals surface area (Å²) in [6, 6.07) is 4.10. The summed E-state index contributed by atoms with van der Waals surface area (Å²) in [6.07, 6.45) is 7.45. The van der Waals surface area contributed by atoms with Gasteiger partial charge in [0.25, 0.3) is 0 Å². The summed E-state index contributed by atoms with van der Waals surface area (Å²) in [7, 11) is 0. The van der Waals surface area contributed by atoms with Crippen molar-refractivity contribution >= 4 is 5.82 Å². The van der Waals surface area contributed by atoms with E-state index in [0.717, 1.165) is 24.2 Å². The van der Waals surface area contributed by atoms with E-state index in [0.29, 0.717) is 0 Å². The highest BCUT2D eigenvalue weighted by atomic mass is 15.0. The van der Waals surface area contributed by atoms with Crippen molar-refractivity contribution in [1.82, 2.24) is 4.98 Å². The molecular weight excluding hydrogens is 196 g/mol. The van der Waals surface area contributed by atoms with Gasteiger partial charge in [-0.2, -0.15) is 0 Å². The van der Waals surface area contributed by atoms with Gasteiger partial charge in [0.15, 0.2) is 0 Å². The van der Waals surface area contributed by atoms with Gasteiger partial charge in [-0.3, -0.25) is 0 Å². The van der Waals surface area contributed by atoms with Crippen LogP contribution in [0.25, 0.3) is 0 Å². The fourth-order valence-electron chi connectivity index (χ4n) is 2.59. The van der Waals surface area contributed by atoms with Gasteiger partial charge in [0.05, 0.1) is 0 Å². The van der Waals surface area contributed by atoms with Gasteiger partial charge in [-0.1, -0.05) is 32.3 Å². The van der Waals surface area contributed by atoms with E-state index in [1.54, 1.807) is 0 Å². The Balaban J connectivity index is 1.89. The van der Waals surface area contributed by atoms with Gasteiger partial charge in [0.1, 0.15) is 5.82 Å². The SMILES string of the molecule is Cc1cccnc1NCC1CCCCC1C. The summed E-state index contributed by atoms with van der Waals surface area (Å²) < 4.78 is 0. The van der Waals surface area contributed by atoms with Crippen LogP contribution in [-0.2, 0) is 0 Å². The number of anilines is 1. The van der Waals surface area contributed by atoms with Crippen molar-refractivity contribution in [2.45, 2.75) is 39.5 Å². The minimum Gasteiger partial charge on any atom is -0.370 e. The van der Waals surface area contributed by atoms with Crippen LogP contribution in [0.15, 0.2) is 18.3 Å². The number of hydrogen-bond acceptors (Lipinski definition) is 2. The van der Waals surface area contributed by atoms with Crippen LogP contribution in [-0.4, -0.2) is 11.5 Å². The summed E-state index contributed by atoms with van der Waals surface area (Å²) in [6.45, 7) is 5.58. The molecule has 16 heavy (non-hydrogen) atoms. The summed E-state index contributed by atoms with van der Waals surface area (Å²) in [5.74, 6) is 2.75. The molecule has 1 heterocycles. The lowest BCUT2D eigenvalue weighted by atomic mass is 9.80. The topological polar surface area (TPSA) is 24.9 Å². The van der Waals surface area contributed by atoms with Gasteiger partial charge in [-0.25, -0.2) is 4.98 Å². The number of aryl methyl sites for hydroxylation is 1. The Kier molecular flexibility index (Phi) is 3.81. The quantitative estimate of drug-likeness (QED) is 0.838. The van der Waals surface area contributed by atoms with Crippen molar-refractivity contribution in [3.63, 3.8) is 0 Å². The van der Waals surface area contributed by atoms with Gasteiger partial charge in [0, 0.05) is 12.7 Å². The summed E-state index contributed by atoms with van der Waals surface area (Å²) in [5.41, 5.74) is 1.24. The molecule has 88 valence electrons. The van der Waals surface area contributed by atoms with Gasteiger partial charge in [-0.05, 0) is 36.8 Å². The molecule has 2 unspecified atom stereocenters. The van der Waals surface area contributed by atoms with E-state index in [1.807, 2.05) is 12.3 Å². The number of aromatic nitrogens is 1. The van der Waals surface area contributed by atoms with E-state index in [2.05, 4.69) is 30.2 Å². The average Bonchev–Trinajstić information content (AvgIpc) is 2.30. The molecule has 1 aromatic rings. The van der Waals surface area contributed by atoms with Crippen molar-refractivity contribution in [3.05, 3.63) is 23.9 Å². The van der Waals surface area contributed by atoms with Crippen molar-refractivity contribution in [2.24, 2.45) is 11.8 Å². The minimum atomic E-state index is 0.829. The Labute approximate surface area is 98.5 Å². The first-order valence-corrected chi connectivity index (χ1v) is 6.43. The lowest BCUT2D eigenvalue weighted by Crippen LogP contribution is -2.24. The van der Waals surface area contributed by atoms with E-state index in [9.17, 15) is 0 Å². The molecule has 2 heteroatoms. The normalized spacial score (nSPS) is 25.4.